The number of ether oxygens (including phenoxy) is 13. The van der Waals surface area contributed by atoms with E-state index in [0.29, 0.717) is 18.8 Å². The summed E-state index contributed by atoms with van der Waals surface area (Å²) in [5.41, 5.74) is -9.53. The summed E-state index contributed by atoms with van der Waals surface area (Å²) in [5, 5.41) is 19.6. The molecule has 6 heterocycles. The van der Waals surface area contributed by atoms with Gasteiger partial charge in [0.15, 0.2) is 54.2 Å². The summed E-state index contributed by atoms with van der Waals surface area (Å²) in [4.78, 5) is 85.9. The zero-order chi connectivity index (χ0) is 93.9. The summed E-state index contributed by atoms with van der Waals surface area (Å²) in [6, 6.07) is 17.6. The van der Waals surface area contributed by atoms with E-state index >= 15 is 0 Å². The third-order valence-electron chi connectivity index (χ3n) is 22.8. The van der Waals surface area contributed by atoms with Crippen molar-refractivity contribution >= 4 is 41.8 Å². The Labute approximate surface area is 691 Å². The summed E-state index contributed by atoms with van der Waals surface area (Å²) in [7, 11) is 0. The second kappa shape index (κ2) is 36.1. The van der Waals surface area contributed by atoms with Gasteiger partial charge in [-0.2, -0.15) is 92.2 Å². The third-order valence-corrected chi connectivity index (χ3v) is 22.8. The molecule has 43 heteroatoms. The molecule has 6 saturated heterocycles. The molecule has 1 aliphatic carbocycles. The first-order valence-electron chi connectivity index (χ1n) is 38.4. The highest BCUT2D eigenvalue weighted by atomic mass is 19.4. The van der Waals surface area contributed by atoms with Crippen molar-refractivity contribution in [2.75, 3.05) is 0 Å². The molecule has 7 aliphatic rings. The Kier molecular flexibility index (Phi) is 30.0. The van der Waals surface area contributed by atoms with Crippen LogP contribution in [0.15, 0.2) is 72.8 Å². The van der Waals surface area contributed by atoms with Gasteiger partial charge >= 0.3 is 85.0 Å². The smallest absolute Gasteiger partial charge is 0.434 e. The van der Waals surface area contributed by atoms with Gasteiger partial charge < -0.3 is 71.8 Å². The van der Waals surface area contributed by atoms with Crippen molar-refractivity contribution in [1.29, 1.82) is 0 Å². The average Bonchev–Trinajstić information content (AvgIpc) is 1.51. The first kappa shape index (κ1) is 102. The molecule has 3 aromatic rings. The molecule has 0 amide bonds. The van der Waals surface area contributed by atoms with Crippen molar-refractivity contribution in [3.05, 3.63) is 106 Å². The minimum Gasteiger partial charge on any atom is -0.462 e. The predicted molar refractivity (Wildman–Crippen MR) is 379 cm³/mol. The lowest BCUT2D eigenvalue weighted by atomic mass is 9.66. The van der Waals surface area contributed by atoms with Gasteiger partial charge in [0.05, 0.1) is 27.4 Å². The van der Waals surface area contributed by atoms with Crippen molar-refractivity contribution in [3.8, 4) is 0 Å². The van der Waals surface area contributed by atoms with Crippen LogP contribution in [0.25, 0.3) is 0 Å². The Bertz CT molecular complexity index is 3990. The molecule has 1 saturated carbocycles. The number of esters is 7. The molecule has 0 bridgehead atoms. The van der Waals surface area contributed by atoms with Crippen LogP contribution in [0, 0.1) is 28.1 Å². The highest BCUT2D eigenvalue weighted by molar-refractivity contribution is 5.90. The molecular formula is C80H95F21O22. The van der Waals surface area contributed by atoms with Crippen molar-refractivity contribution in [2.24, 2.45) is 28.1 Å². The lowest BCUT2D eigenvalue weighted by molar-refractivity contribution is -0.391. The second-order valence-electron chi connectivity index (χ2n) is 34.0. The highest BCUT2D eigenvalue weighted by Crippen LogP contribution is 2.57. The van der Waals surface area contributed by atoms with E-state index in [1.165, 1.54) is 69.5 Å². The van der Waals surface area contributed by atoms with Crippen molar-refractivity contribution in [2.45, 2.75) is 320 Å². The van der Waals surface area contributed by atoms with Crippen LogP contribution in [0.1, 0.15) is 212 Å². The molecule has 22 nitrogen and oxygen atoms in total. The Balaban J connectivity index is 0.000000236. The summed E-state index contributed by atoms with van der Waals surface area (Å²) in [6.45, 7) is 28.9. The second-order valence-corrected chi connectivity index (χ2v) is 34.0. The number of fused-ring (bicyclic) bond motifs is 6. The monoisotopic (exact) mass is 1810 g/mol. The number of halogens is 21. The lowest BCUT2D eigenvalue weighted by Crippen LogP contribution is -2.64. The fraction of sp³-hybridized carbons (Fsp3) is 0.688. The fourth-order valence-electron chi connectivity index (χ4n) is 13.4. The first-order valence-corrected chi connectivity index (χ1v) is 38.4. The standard InChI is InChI=1S/2C24H24F6O9.C18H25F9O4.C14H22/c2*1-5-21(2,3)20(33)36-14-12-13(34-17(14)32)15-18(35-12)39-22(4,38-15)11-8-6-10(7-9-11)16(31)37-19(23(25,26)27)24(28,29)30;1-5-13(2,3)12(28)31-11-7-9(14(4,29)16(19,20)21)6-10(8-11)15(30,17(22,23)24)18(25,26)27;1-6-11(2)12-7-9-13(10-8-12)14(3,4)5/h2*6-9,12-15,18-19H,5H2,1-4H3;9-11,29-30H,5-8H2,1-4H3;7-11H,6H2,1-5H3. The first-order chi connectivity index (χ1) is 55.7. The normalized spacial score (nSPS) is 27.7. The van der Waals surface area contributed by atoms with Crippen molar-refractivity contribution < 1.29 is 198 Å². The molecule has 123 heavy (non-hydrogen) atoms. The van der Waals surface area contributed by atoms with Gasteiger partial charge in [0, 0.05) is 23.0 Å². The van der Waals surface area contributed by atoms with Crippen molar-refractivity contribution in [1.82, 2.24) is 0 Å². The van der Waals surface area contributed by atoms with Gasteiger partial charge in [0.25, 0.3) is 17.8 Å². The predicted octanol–water partition coefficient (Wildman–Crippen LogP) is 17.3. The molecule has 0 aromatic heterocycles. The van der Waals surface area contributed by atoms with E-state index < -0.39 is 246 Å². The van der Waals surface area contributed by atoms with Gasteiger partial charge in [-0.25, -0.2) is 19.2 Å². The number of aliphatic hydroxyl groups is 2. The van der Waals surface area contributed by atoms with E-state index in [1.807, 2.05) is 0 Å². The summed E-state index contributed by atoms with van der Waals surface area (Å²) in [5.74, 6) is -15.1. The van der Waals surface area contributed by atoms with Gasteiger partial charge in [-0.05, 0) is 154 Å². The van der Waals surface area contributed by atoms with Crippen LogP contribution >= 0.6 is 0 Å². The fourth-order valence-corrected chi connectivity index (χ4v) is 13.4. The van der Waals surface area contributed by atoms with Gasteiger partial charge in [-0.15, -0.1) is 0 Å². The largest absolute Gasteiger partial charge is 0.462 e. The maximum absolute atomic E-state index is 13.3. The maximum Gasteiger partial charge on any atom is 0.434 e. The van der Waals surface area contributed by atoms with E-state index in [1.54, 1.807) is 48.5 Å². The molecule has 17 atom stereocenters. The molecule has 0 radical (unpaired) electrons. The Morgan fingerprint density at radius 3 is 1.05 bits per heavy atom. The molecular weight excluding hydrogens is 1710 g/mol. The lowest BCUT2D eigenvalue weighted by Gasteiger charge is -2.47. The number of alkyl halides is 21. The number of rotatable bonds is 19. The van der Waals surface area contributed by atoms with Gasteiger partial charge in [0.2, 0.25) is 12.2 Å². The molecule has 7 fully saturated rings. The minimum absolute atomic E-state index is 0.167. The van der Waals surface area contributed by atoms with Gasteiger partial charge in [-0.3, -0.25) is 14.4 Å². The van der Waals surface area contributed by atoms with Crippen LogP contribution in [0.2, 0.25) is 0 Å². The average molecular weight is 1810 g/mol. The molecule has 2 N–H and O–H groups in total. The number of hydrogen-bond donors (Lipinski definition) is 2. The Morgan fingerprint density at radius 1 is 0.431 bits per heavy atom. The van der Waals surface area contributed by atoms with Crippen LogP contribution in [-0.2, 0) is 103 Å². The zero-order valence-electron chi connectivity index (χ0n) is 69.1. The van der Waals surface area contributed by atoms with E-state index in [0.717, 1.165) is 24.3 Å². The summed E-state index contributed by atoms with van der Waals surface area (Å²) in [6.07, 6.45) is -63.6. The molecule has 10 rings (SSSR count). The van der Waals surface area contributed by atoms with Crippen LogP contribution in [-0.4, -0.2) is 186 Å². The number of hydrogen-bond acceptors (Lipinski definition) is 22. The molecule has 0 spiro atoms. The minimum atomic E-state index is -6.28. The van der Waals surface area contributed by atoms with E-state index in [9.17, 15) is 136 Å². The van der Waals surface area contributed by atoms with Crippen molar-refractivity contribution in [3.63, 3.8) is 0 Å². The maximum atomic E-state index is 13.3. The Morgan fingerprint density at radius 2 is 0.756 bits per heavy atom. The van der Waals surface area contributed by atoms with Gasteiger partial charge in [-0.1, -0.05) is 104 Å². The number of carbonyl (C=O) groups excluding carboxylic acids is 7. The Hall–Kier alpha value is -7.84. The highest BCUT2D eigenvalue weighted by Gasteiger charge is 2.76. The van der Waals surface area contributed by atoms with Gasteiger partial charge in [0.1, 0.15) is 18.3 Å². The van der Waals surface area contributed by atoms with Crippen LogP contribution in [0.3, 0.4) is 0 Å². The molecule has 694 valence electrons. The van der Waals surface area contributed by atoms with Crippen LogP contribution in [0.5, 0.6) is 0 Å². The quantitative estimate of drug-likeness (QED) is 0.0641. The summed E-state index contributed by atoms with van der Waals surface area (Å²) < 4.78 is 341. The molecule has 6 aliphatic heterocycles. The van der Waals surface area contributed by atoms with E-state index in [4.69, 9.17) is 52.1 Å². The zero-order valence-corrected chi connectivity index (χ0v) is 69.1. The van der Waals surface area contributed by atoms with Crippen LogP contribution in [0.4, 0.5) is 92.2 Å². The van der Waals surface area contributed by atoms with E-state index in [-0.39, 0.29) is 29.9 Å². The topological polar surface area (TPSA) is 280 Å². The van der Waals surface area contributed by atoms with Crippen LogP contribution < -0.4 is 0 Å². The number of benzene rings is 3. The molecule has 17 unspecified atom stereocenters. The van der Waals surface area contributed by atoms with E-state index in [2.05, 4.69) is 68.4 Å². The molecule has 3 aromatic carbocycles. The number of carbonyl (C=O) groups is 7. The third kappa shape index (κ3) is 22.6. The SMILES string of the molecule is CCC(C)(C)C(=O)OC1C(=O)OC2C3OC(C)(c4ccc(C(=O)OC(C(F)(F)F)C(F)(F)F)cc4)OC3OC12.CCC(C)(C)C(=O)OC1C(=O)OC2C3OC(C)(c4ccc(C(=O)OC(C(F)(F)F)C(F)(F)F)cc4)OC3OC12.CCC(C)(C)C(=O)OC1CC(C(C)(O)C(F)(F)F)CC(C(O)(C(F)(F)F)C(F)(F)F)C1.CCC(C)c1ccc(C(C)(C)C)cc1. The summed E-state index contributed by atoms with van der Waals surface area (Å²) >= 11 is 0.